The second-order valence-corrected chi connectivity index (χ2v) is 7.33. The fourth-order valence-electron chi connectivity index (χ4n) is 3.62. The lowest BCUT2D eigenvalue weighted by atomic mass is 9.83. The van der Waals surface area contributed by atoms with Crippen LogP contribution >= 0.6 is 0 Å². The van der Waals surface area contributed by atoms with Crippen LogP contribution in [0.1, 0.15) is 28.2 Å². The van der Waals surface area contributed by atoms with Gasteiger partial charge in [-0.25, -0.2) is 0 Å². The SMILES string of the molecule is COc1cc([C@H]2C(C#N)=C(N)Oc3cc(O)ccc32)ccc1OCc1ccc(C)cc1. The van der Waals surface area contributed by atoms with Crippen LogP contribution in [-0.4, -0.2) is 12.2 Å². The number of nitrogens with two attached hydrogens (primary N) is 1. The van der Waals surface area contributed by atoms with Gasteiger partial charge in [-0.3, -0.25) is 0 Å². The van der Waals surface area contributed by atoms with Gasteiger partial charge in [-0.2, -0.15) is 5.26 Å². The quantitative estimate of drug-likeness (QED) is 0.638. The predicted molar refractivity (Wildman–Crippen MR) is 116 cm³/mol. The van der Waals surface area contributed by atoms with Crippen molar-refractivity contribution in [3.05, 3.63) is 94.4 Å². The zero-order valence-electron chi connectivity index (χ0n) is 17.3. The number of benzene rings is 3. The molecule has 0 aliphatic carbocycles. The highest BCUT2D eigenvalue weighted by Gasteiger charge is 2.31. The number of ether oxygens (including phenoxy) is 3. The van der Waals surface area contributed by atoms with Gasteiger partial charge in [0, 0.05) is 11.6 Å². The average Bonchev–Trinajstić information content (AvgIpc) is 2.77. The fourth-order valence-corrected chi connectivity index (χ4v) is 3.62. The van der Waals surface area contributed by atoms with Gasteiger partial charge in [0.1, 0.15) is 29.7 Å². The maximum Gasteiger partial charge on any atom is 0.205 e. The smallest absolute Gasteiger partial charge is 0.205 e. The monoisotopic (exact) mass is 414 g/mol. The minimum Gasteiger partial charge on any atom is -0.508 e. The van der Waals surface area contributed by atoms with Crippen molar-refractivity contribution < 1.29 is 19.3 Å². The van der Waals surface area contributed by atoms with Crippen LogP contribution in [0.2, 0.25) is 0 Å². The van der Waals surface area contributed by atoms with E-state index >= 15 is 0 Å². The molecule has 3 N–H and O–H groups in total. The molecule has 0 amide bonds. The topological polar surface area (TPSA) is 97.7 Å². The second-order valence-electron chi connectivity index (χ2n) is 7.33. The summed E-state index contributed by atoms with van der Waals surface area (Å²) in [5.74, 6) is 1.19. The third-order valence-corrected chi connectivity index (χ3v) is 5.24. The Hall–Kier alpha value is -4.11. The highest BCUT2D eigenvalue weighted by atomic mass is 16.5. The van der Waals surface area contributed by atoms with Crippen molar-refractivity contribution in [2.45, 2.75) is 19.4 Å². The van der Waals surface area contributed by atoms with Gasteiger partial charge >= 0.3 is 0 Å². The van der Waals surface area contributed by atoms with Crippen LogP contribution in [0, 0.1) is 18.3 Å². The molecule has 0 bridgehead atoms. The van der Waals surface area contributed by atoms with Gasteiger partial charge in [0.15, 0.2) is 11.5 Å². The molecule has 6 nitrogen and oxygen atoms in total. The number of hydrogen-bond donors (Lipinski definition) is 2. The molecule has 4 rings (SSSR count). The summed E-state index contributed by atoms with van der Waals surface area (Å²) in [4.78, 5) is 0. The van der Waals surface area contributed by atoms with Crippen molar-refractivity contribution in [2.24, 2.45) is 5.73 Å². The number of methoxy groups -OCH3 is 1. The number of nitrogens with zero attached hydrogens (tertiary/aromatic N) is 1. The molecule has 0 aromatic heterocycles. The van der Waals surface area contributed by atoms with Gasteiger partial charge in [0.25, 0.3) is 0 Å². The van der Waals surface area contributed by atoms with Crippen molar-refractivity contribution in [2.75, 3.05) is 7.11 Å². The largest absolute Gasteiger partial charge is 0.508 e. The molecule has 0 spiro atoms. The molecule has 0 fully saturated rings. The average molecular weight is 414 g/mol. The van der Waals surface area contributed by atoms with Gasteiger partial charge in [0.2, 0.25) is 5.88 Å². The maximum absolute atomic E-state index is 9.80. The van der Waals surface area contributed by atoms with E-state index in [9.17, 15) is 10.4 Å². The van der Waals surface area contributed by atoms with Gasteiger partial charge in [-0.15, -0.1) is 0 Å². The molecule has 3 aromatic rings. The number of aryl methyl sites for hydroxylation is 1. The van der Waals surface area contributed by atoms with E-state index in [1.165, 1.54) is 11.6 Å². The molecule has 0 saturated heterocycles. The Balaban J connectivity index is 1.68. The number of fused-ring (bicyclic) bond motifs is 1. The number of aromatic hydroxyl groups is 1. The first kappa shape index (κ1) is 20.2. The molecule has 1 heterocycles. The lowest BCUT2D eigenvalue weighted by molar-refractivity contribution is 0.284. The second kappa shape index (κ2) is 8.33. The molecular formula is C25H22N2O4. The summed E-state index contributed by atoms with van der Waals surface area (Å²) in [5, 5.41) is 19.5. The molecule has 31 heavy (non-hydrogen) atoms. The summed E-state index contributed by atoms with van der Waals surface area (Å²) in [6, 6.07) is 20.6. The lowest BCUT2D eigenvalue weighted by Gasteiger charge is -2.27. The van der Waals surface area contributed by atoms with Gasteiger partial charge in [-0.1, -0.05) is 42.0 Å². The van der Waals surface area contributed by atoms with Crippen LogP contribution in [-0.2, 0) is 6.61 Å². The Morgan fingerprint density at radius 2 is 1.84 bits per heavy atom. The van der Waals surface area contributed by atoms with Crippen molar-refractivity contribution in [1.82, 2.24) is 0 Å². The minimum atomic E-state index is -0.450. The first-order chi connectivity index (χ1) is 15.0. The minimum absolute atomic E-state index is 0.0178. The Bertz CT molecular complexity index is 1190. The van der Waals surface area contributed by atoms with E-state index in [0.717, 1.165) is 16.7 Å². The molecular weight excluding hydrogens is 392 g/mol. The van der Waals surface area contributed by atoms with E-state index in [2.05, 4.69) is 6.07 Å². The van der Waals surface area contributed by atoms with E-state index < -0.39 is 5.92 Å². The van der Waals surface area contributed by atoms with Crippen LogP contribution in [0.3, 0.4) is 0 Å². The number of hydrogen-bond acceptors (Lipinski definition) is 6. The molecule has 1 aliphatic heterocycles. The first-order valence-electron chi connectivity index (χ1n) is 9.77. The maximum atomic E-state index is 9.80. The first-order valence-corrected chi connectivity index (χ1v) is 9.77. The highest BCUT2D eigenvalue weighted by Crippen LogP contribution is 2.45. The van der Waals surface area contributed by atoms with Crippen LogP contribution in [0.25, 0.3) is 0 Å². The zero-order chi connectivity index (χ0) is 22.0. The Labute approximate surface area is 180 Å². The molecule has 0 radical (unpaired) electrons. The summed E-state index contributed by atoms with van der Waals surface area (Å²) in [6.07, 6.45) is 0. The number of nitriles is 1. The molecule has 156 valence electrons. The van der Waals surface area contributed by atoms with Crippen LogP contribution in [0.5, 0.6) is 23.0 Å². The van der Waals surface area contributed by atoms with Crippen molar-refractivity contribution in [1.29, 1.82) is 5.26 Å². The van der Waals surface area contributed by atoms with E-state index in [1.807, 2.05) is 49.4 Å². The van der Waals surface area contributed by atoms with Gasteiger partial charge < -0.3 is 25.1 Å². The molecule has 6 heteroatoms. The number of rotatable bonds is 5. The highest BCUT2D eigenvalue weighted by molar-refractivity contribution is 5.58. The Kier molecular flexibility index (Phi) is 5.42. The summed E-state index contributed by atoms with van der Waals surface area (Å²) < 4.78 is 17.1. The summed E-state index contributed by atoms with van der Waals surface area (Å²) in [7, 11) is 1.57. The van der Waals surface area contributed by atoms with Crippen LogP contribution in [0.15, 0.2) is 72.1 Å². The summed E-state index contributed by atoms with van der Waals surface area (Å²) in [5.41, 5.74) is 10.1. The summed E-state index contributed by atoms with van der Waals surface area (Å²) in [6.45, 7) is 2.45. The third kappa shape index (κ3) is 3.99. The molecule has 0 saturated carbocycles. The van der Waals surface area contributed by atoms with Crippen LogP contribution in [0.4, 0.5) is 0 Å². The van der Waals surface area contributed by atoms with Crippen molar-refractivity contribution >= 4 is 0 Å². The normalized spacial score (nSPS) is 14.9. The number of phenolic OH excluding ortho intramolecular Hbond substituents is 1. The van der Waals surface area contributed by atoms with E-state index in [4.69, 9.17) is 19.9 Å². The molecule has 1 atom stereocenters. The lowest BCUT2D eigenvalue weighted by Crippen LogP contribution is -2.21. The van der Waals surface area contributed by atoms with Crippen molar-refractivity contribution in [3.8, 4) is 29.1 Å². The summed E-state index contributed by atoms with van der Waals surface area (Å²) >= 11 is 0. The van der Waals surface area contributed by atoms with E-state index in [-0.39, 0.29) is 11.6 Å². The van der Waals surface area contributed by atoms with Gasteiger partial charge in [-0.05, 0) is 36.2 Å². The standard InChI is InChI=1S/C25H22N2O4/c1-15-3-5-16(6-4-15)14-30-21-10-7-17(11-23(21)29-2)24-19-9-8-18(28)12-22(19)31-25(27)20(24)13-26/h3-12,24,28H,14,27H2,1-2H3/t24-/m1/s1. The third-order valence-electron chi connectivity index (χ3n) is 5.24. The zero-order valence-corrected chi connectivity index (χ0v) is 17.3. The Morgan fingerprint density at radius 3 is 2.55 bits per heavy atom. The fraction of sp³-hybridized carbons (Fsp3) is 0.160. The molecule has 0 unspecified atom stereocenters. The van der Waals surface area contributed by atoms with E-state index in [1.54, 1.807) is 19.2 Å². The van der Waals surface area contributed by atoms with Crippen molar-refractivity contribution in [3.63, 3.8) is 0 Å². The predicted octanol–water partition coefficient (Wildman–Crippen LogP) is 4.51. The number of allylic oxidation sites excluding steroid dienone is 1. The van der Waals surface area contributed by atoms with E-state index in [0.29, 0.717) is 29.4 Å². The molecule has 3 aromatic carbocycles. The molecule has 1 aliphatic rings. The van der Waals surface area contributed by atoms with Crippen LogP contribution < -0.4 is 19.9 Å². The number of phenols is 1. The van der Waals surface area contributed by atoms with Gasteiger partial charge in [0.05, 0.1) is 13.0 Å². The Morgan fingerprint density at radius 1 is 1.06 bits per heavy atom.